The molecule has 0 saturated carbocycles. The van der Waals surface area contributed by atoms with Gasteiger partial charge in [-0.1, -0.05) is 13.8 Å². The maximum atomic E-state index is 11.4. The van der Waals surface area contributed by atoms with E-state index in [1.54, 1.807) is 23.9 Å². The highest BCUT2D eigenvalue weighted by Crippen LogP contribution is 2.27. The lowest BCUT2D eigenvalue weighted by Crippen LogP contribution is -2.25. The van der Waals surface area contributed by atoms with Gasteiger partial charge in [-0.05, 0) is 31.3 Å². The van der Waals surface area contributed by atoms with Crippen molar-refractivity contribution in [3.05, 3.63) is 18.2 Å². The monoisotopic (exact) mass is 302 g/mol. The third-order valence-electron chi connectivity index (χ3n) is 2.97. The van der Waals surface area contributed by atoms with Crippen LogP contribution >= 0.6 is 11.8 Å². The fraction of sp³-hybridized carbons (Fsp3) is 0.538. The van der Waals surface area contributed by atoms with Crippen molar-refractivity contribution in [2.45, 2.75) is 23.6 Å². The highest BCUT2D eigenvalue weighted by atomic mass is 32.2. The second kappa shape index (κ2) is 7.17. The van der Waals surface area contributed by atoms with Crippen molar-refractivity contribution < 1.29 is 8.42 Å². The van der Waals surface area contributed by atoms with E-state index in [4.69, 9.17) is 5.73 Å². The van der Waals surface area contributed by atoms with Crippen LogP contribution in [-0.4, -0.2) is 45.0 Å². The molecule has 0 atom stereocenters. The normalized spacial score (nSPS) is 12.0. The molecule has 2 N–H and O–H groups in total. The lowest BCUT2D eigenvalue weighted by molar-refractivity contribution is 0.324. The van der Waals surface area contributed by atoms with E-state index >= 15 is 0 Å². The number of benzene rings is 1. The topological polar surface area (TPSA) is 63.4 Å². The Morgan fingerprint density at radius 3 is 2.37 bits per heavy atom. The Hall–Kier alpha value is -0.720. The van der Waals surface area contributed by atoms with Gasteiger partial charge in [-0.2, -0.15) is 0 Å². The van der Waals surface area contributed by atoms with Gasteiger partial charge in [-0.15, -0.1) is 11.8 Å². The van der Waals surface area contributed by atoms with Gasteiger partial charge in [0.2, 0.25) is 0 Å². The first-order chi connectivity index (χ1) is 8.88. The predicted octanol–water partition coefficient (Wildman–Crippen LogP) is 2.11. The fourth-order valence-electron chi connectivity index (χ4n) is 1.71. The molecule has 1 rings (SSSR count). The zero-order chi connectivity index (χ0) is 14.5. The maximum absolute atomic E-state index is 11.4. The smallest absolute Gasteiger partial charge is 0.175 e. The van der Waals surface area contributed by atoms with E-state index in [9.17, 15) is 8.42 Å². The summed E-state index contributed by atoms with van der Waals surface area (Å²) in [5.41, 5.74) is 6.44. The molecule has 1 aromatic rings. The zero-order valence-corrected chi connectivity index (χ0v) is 13.4. The molecule has 0 radical (unpaired) electrons. The van der Waals surface area contributed by atoms with Gasteiger partial charge >= 0.3 is 0 Å². The van der Waals surface area contributed by atoms with Crippen molar-refractivity contribution in [1.82, 2.24) is 4.90 Å². The largest absolute Gasteiger partial charge is 0.398 e. The maximum Gasteiger partial charge on any atom is 0.175 e. The van der Waals surface area contributed by atoms with E-state index in [0.717, 1.165) is 30.3 Å². The molecule has 0 spiro atoms. The van der Waals surface area contributed by atoms with E-state index in [0.29, 0.717) is 5.69 Å². The van der Waals surface area contributed by atoms with Crippen LogP contribution in [0.25, 0.3) is 0 Å². The molecule has 4 nitrogen and oxygen atoms in total. The lowest BCUT2D eigenvalue weighted by atomic mass is 10.3. The molecule has 0 amide bonds. The van der Waals surface area contributed by atoms with Gasteiger partial charge in [-0.3, -0.25) is 0 Å². The molecule has 0 aliphatic heterocycles. The number of hydrogen-bond donors (Lipinski definition) is 1. The van der Waals surface area contributed by atoms with Crippen molar-refractivity contribution >= 4 is 27.3 Å². The average Bonchev–Trinajstić information content (AvgIpc) is 2.35. The van der Waals surface area contributed by atoms with Crippen molar-refractivity contribution in [2.24, 2.45) is 0 Å². The first kappa shape index (κ1) is 16.3. The Morgan fingerprint density at radius 1 is 1.26 bits per heavy atom. The molecular formula is C13H22N2O2S2. The lowest BCUT2D eigenvalue weighted by Gasteiger charge is -2.17. The summed E-state index contributed by atoms with van der Waals surface area (Å²) in [5, 5.41) is 0. The van der Waals surface area contributed by atoms with Crippen LogP contribution in [0.4, 0.5) is 5.69 Å². The number of nitrogens with two attached hydrogens (primary N) is 1. The number of nitrogens with zero attached hydrogens (tertiary/aromatic N) is 1. The Morgan fingerprint density at radius 2 is 1.89 bits per heavy atom. The van der Waals surface area contributed by atoms with E-state index < -0.39 is 9.84 Å². The van der Waals surface area contributed by atoms with Crippen LogP contribution < -0.4 is 5.73 Å². The van der Waals surface area contributed by atoms with Crippen molar-refractivity contribution in [3.63, 3.8) is 0 Å². The minimum absolute atomic E-state index is 0.276. The van der Waals surface area contributed by atoms with E-state index in [-0.39, 0.29) is 4.90 Å². The van der Waals surface area contributed by atoms with E-state index in [1.165, 1.54) is 12.3 Å². The Labute approximate surface area is 120 Å². The standard InChI is InChI=1S/C13H22N2O2S2/c1-4-15(5-2)8-9-18-13-7-6-11(10-12(13)14)19(3,16)17/h6-7,10H,4-5,8-9,14H2,1-3H3. The highest BCUT2D eigenvalue weighted by molar-refractivity contribution is 7.99. The third-order valence-corrected chi connectivity index (χ3v) is 5.15. The average molecular weight is 302 g/mol. The summed E-state index contributed by atoms with van der Waals surface area (Å²) >= 11 is 1.66. The van der Waals surface area contributed by atoms with Crippen LogP contribution in [0.1, 0.15) is 13.8 Å². The Bertz CT molecular complexity index is 511. The summed E-state index contributed by atoms with van der Waals surface area (Å²) in [6, 6.07) is 4.94. The fourth-order valence-corrected chi connectivity index (χ4v) is 3.33. The van der Waals surface area contributed by atoms with Gasteiger partial charge in [0.25, 0.3) is 0 Å². The van der Waals surface area contributed by atoms with Crippen LogP contribution in [0.2, 0.25) is 0 Å². The minimum atomic E-state index is -3.18. The van der Waals surface area contributed by atoms with Crippen LogP contribution in [0.3, 0.4) is 0 Å². The third kappa shape index (κ3) is 5.04. The molecule has 0 heterocycles. The molecule has 0 bridgehead atoms. The molecule has 0 aromatic heterocycles. The summed E-state index contributed by atoms with van der Waals surface area (Å²) < 4.78 is 22.8. The van der Waals surface area contributed by atoms with Crippen LogP contribution in [-0.2, 0) is 9.84 Å². The molecule has 0 unspecified atom stereocenters. The number of thioether (sulfide) groups is 1. The second-order valence-corrected chi connectivity index (χ2v) is 7.50. The Kier molecular flexibility index (Phi) is 6.16. The number of sulfone groups is 1. The van der Waals surface area contributed by atoms with Gasteiger partial charge in [0.15, 0.2) is 9.84 Å². The van der Waals surface area contributed by atoms with Crippen LogP contribution in [0.15, 0.2) is 28.0 Å². The highest BCUT2D eigenvalue weighted by Gasteiger charge is 2.10. The summed E-state index contributed by atoms with van der Waals surface area (Å²) in [4.78, 5) is 3.56. The summed E-state index contributed by atoms with van der Waals surface area (Å²) in [6.07, 6.45) is 1.19. The predicted molar refractivity (Wildman–Crippen MR) is 82.5 cm³/mol. The van der Waals surface area contributed by atoms with Crippen LogP contribution in [0.5, 0.6) is 0 Å². The van der Waals surface area contributed by atoms with Crippen molar-refractivity contribution in [2.75, 3.05) is 37.4 Å². The van der Waals surface area contributed by atoms with Gasteiger partial charge in [0, 0.05) is 29.1 Å². The summed E-state index contributed by atoms with van der Waals surface area (Å²) in [6.45, 7) is 7.37. The Balaban J connectivity index is 2.66. The molecule has 0 aliphatic carbocycles. The summed E-state index contributed by atoms with van der Waals surface area (Å²) in [5.74, 6) is 0.949. The van der Waals surface area contributed by atoms with Gasteiger partial charge in [-0.25, -0.2) is 8.42 Å². The molecule has 0 aliphatic rings. The molecular weight excluding hydrogens is 280 g/mol. The SMILES string of the molecule is CCN(CC)CCSc1ccc(S(C)(=O)=O)cc1N. The zero-order valence-electron chi connectivity index (χ0n) is 11.7. The number of nitrogen functional groups attached to an aromatic ring is 1. The molecule has 0 saturated heterocycles. The van der Waals surface area contributed by atoms with E-state index in [2.05, 4.69) is 18.7 Å². The van der Waals surface area contributed by atoms with Crippen LogP contribution in [0, 0.1) is 0 Å². The quantitative estimate of drug-likeness (QED) is 0.617. The minimum Gasteiger partial charge on any atom is -0.398 e. The number of anilines is 1. The number of rotatable bonds is 7. The van der Waals surface area contributed by atoms with Gasteiger partial charge < -0.3 is 10.6 Å². The second-order valence-electron chi connectivity index (χ2n) is 4.35. The van der Waals surface area contributed by atoms with Crippen molar-refractivity contribution in [3.8, 4) is 0 Å². The van der Waals surface area contributed by atoms with E-state index in [1.807, 2.05) is 0 Å². The molecule has 6 heteroatoms. The first-order valence-corrected chi connectivity index (χ1v) is 9.21. The molecule has 0 fully saturated rings. The van der Waals surface area contributed by atoms with Gasteiger partial charge in [0.05, 0.1) is 4.90 Å². The van der Waals surface area contributed by atoms with Crippen molar-refractivity contribution in [1.29, 1.82) is 0 Å². The molecule has 19 heavy (non-hydrogen) atoms. The molecule has 1 aromatic carbocycles. The molecule has 108 valence electrons. The first-order valence-electron chi connectivity index (χ1n) is 6.33. The summed E-state index contributed by atoms with van der Waals surface area (Å²) in [7, 11) is -3.18. The number of hydrogen-bond acceptors (Lipinski definition) is 5. The van der Waals surface area contributed by atoms with Gasteiger partial charge in [0.1, 0.15) is 0 Å².